The predicted octanol–water partition coefficient (Wildman–Crippen LogP) is 4.05. The number of hydrogen-bond donors (Lipinski definition) is 1. The van der Waals surface area contributed by atoms with Gasteiger partial charge in [-0.3, -0.25) is 0 Å². The largest absolute Gasteiger partial charge is 0.507 e. The predicted molar refractivity (Wildman–Crippen MR) is 68.7 cm³/mol. The Bertz CT molecular complexity index is 534. The molecule has 16 heavy (non-hydrogen) atoms. The highest BCUT2D eigenvalue weighted by molar-refractivity contribution is 5.90. The quantitative estimate of drug-likeness (QED) is 0.744. The maximum Gasteiger partial charge on any atom is 0.123 e. The van der Waals surface area contributed by atoms with Crippen LogP contribution in [0.1, 0.15) is 19.4 Å². The first-order valence-electron chi connectivity index (χ1n) is 5.51. The summed E-state index contributed by atoms with van der Waals surface area (Å²) in [4.78, 5) is 0. The zero-order valence-corrected chi connectivity index (χ0v) is 9.70. The third-order valence-electron chi connectivity index (χ3n) is 2.72. The van der Waals surface area contributed by atoms with Crippen molar-refractivity contribution in [3.05, 3.63) is 53.6 Å². The summed E-state index contributed by atoms with van der Waals surface area (Å²) in [6.45, 7) is 4.20. The Kier molecular flexibility index (Phi) is 2.95. The molecule has 0 amide bonds. The van der Waals surface area contributed by atoms with Crippen molar-refractivity contribution in [2.24, 2.45) is 0 Å². The smallest absolute Gasteiger partial charge is 0.123 e. The molecular formula is C15H16O. The summed E-state index contributed by atoms with van der Waals surface area (Å²) in [5.41, 5.74) is 2.58. The van der Waals surface area contributed by atoms with Gasteiger partial charge in [-0.25, -0.2) is 0 Å². The van der Waals surface area contributed by atoms with E-state index in [9.17, 15) is 5.11 Å². The van der Waals surface area contributed by atoms with Crippen LogP contribution >= 0.6 is 0 Å². The molecule has 2 rings (SSSR count). The van der Waals surface area contributed by atoms with Gasteiger partial charge in [-0.15, -0.1) is 0 Å². The molecule has 0 radical (unpaired) electrons. The van der Waals surface area contributed by atoms with Crippen molar-refractivity contribution < 1.29 is 5.11 Å². The zero-order chi connectivity index (χ0) is 11.5. The van der Waals surface area contributed by atoms with Crippen LogP contribution in [-0.4, -0.2) is 5.11 Å². The van der Waals surface area contributed by atoms with Gasteiger partial charge < -0.3 is 5.11 Å². The molecular weight excluding hydrogens is 196 g/mol. The highest BCUT2D eigenvalue weighted by Gasteiger charge is 2.02. The summed E-state index contributed by atoms with van der Waals surface area (Å²) < 4.78 is 0. The highest BCUT2D eigenvalue weighted by atomic mass is 16.3. The SMILES string of the molecule is CC(C)=CCc1ccc(O)c2ccccc12. The fourth-order valence-electron chi connectivity index (χ4n) is 1.84. The summed E-state index contributed by atoms with van der Waals surface area (Å²) >= 11 is 0. The first-order valence-corrected chi connectivity index (χ1v) is 5.51. The zero-order valence-electron chi connectivity index (χ0n) is 9.70. The molecule has 0 saturated heterocycles. The third-order valence-corrected chi connectivity index (χ3v) is 2.72. The molecule has 0 spiro atoms. The van der Waals surface area contributed by atoms with Crippen LogP contribution in [0.4, 0.5) is 0 Å². The molecule has 0 aliphatic carbocycles. The number of rotatable bonds is 2. The van der Waals surface area contributed by atoms with Gasteiger partial charge in [-0.05, 0) is 37.3 Å². The van der Waals surface area contributed by atoms with Crippen molar-refractivity contribution in [3.8, 4) is 5.75 Å². The lowest BCUT2D eigenvalue weighted by Crippen LogP contribution is -1.85. The molecule has 0 saturated carbocycles. The standard InChI is InChI=1S/C15H16O/c1-11(2)7-8-12-9-10-15(16)14-6-4-3-5-13(12)14/h3-7,9-10,16H,8H2,1-2H3. The molecule has 82 valence electrons. The Labute approximate surface area is 96.0 Å². The molecule has 1 N–H and O–H groups in total. The minimum absolute atomic E-state index is 0.358. The van der Waals surface area contributed by atoms with Crippen molar-refractivity contribution >= 4 is 10.8 Å². The van der Waals surface area contributed by atoms with E-state index in [4.69, 9.17) is 0 Å². The van der Waals surface area contributed by atoms with Gasteiger partial charge in [0.25, 0.3) is 0 Å². The summed E-state index contributed by atoms with van der Waals surface area (Å²) in [6.07, 6.45) is 3.13. The van der Waals surface area contributed by atoms with Gasteiger partial charge in [0, 0.05) is 5.39 Å². The number of fused-ring (bicyclic) bond motifs is 1. The van der Waals surface area contributed by atoms with Crippen molar-refractivity contribution in [2.45, 2.75) is 20.3 Å². The molecule has 0 bridgehead atoms. The second-order valence-corrected chi connectivity index (χ2v) is 4.27. The maximum atomic E-state index is 9.76. The van der Waals surface area contributed by atoms with Crippen LogP contribution in [0.5, 0.6) is 5.75 Å². The summed E-state index contributed by atoms with van der Waals surface area (Å²) in [7, 11) is 0. The van der Waals surface area contributed by atoms with Crippen molar-refractivity contribution in [1.29, 1.82) is 0 Å². The fraction of sp³-hybridized carbons (Fsp3) is 0.200. The number of benzene rings is 2. The maximum absolute atomic E-state index is 9.76. The van der Waals surface area contributed by atoms with E-state index in [1.54, 1.807) is 6.07 Å². The van der Waals surface area contributed by atoms with Crippen LogP contribution in [0, 0.1) is 0 Å². The topological polar surface area (TPSA) is 20.2 Å². The fourth-order valence-corrected chi connectivity index (χ4v) is 1.84. The Morgan fingerprint density at radius 1 is 1.06 bits per heavy atom. The van der Waals surface area contributed by atoms with Crippen molar-refractivity contribution in [3.63, 3.8) is 0 Å². The lowest BCUT2D eigenvalue weighted by atomic mass is 10.0. The van der Waals surface area contributed by atoms with E-state index in [1.165, 1.54) is 11.1 Å². The van der Waals surface area contributed by atoms with Crippen LogP contribution in [-0.2, 0) is 6.42 Å². The molecule has 0 unspecified atom stereocenters. The lowest BCUT2D eigenvalue weighted by molar-refractivity contribution is 0.481. The van der Waals surface area contributed by atoms with Crippen LogP contribution in [0.3, 0.4) is 0 Å². The Hall–Kier alpha value is -1.76. The molecule has 1 nitrogen and oxygen atoms in total. The second kappa shape index (κ2) is 4.40. The van der Waals surface area contributed by atoms with E-state index in [0.717, 1.165) is 17.2 Å². The minimum atomic E-state index is 0.358. The van der Waals surface area contributed by atoms with Gasteiger partial charge in [-0.2, -0.15) is 0 Å². The van der Waals surface area contributed by atoms with Gasteiger partial charge in [0.1, 0.15) is 5.75 Å². The summed E-state index contributed by atoms with van der Waals surface area (Å²) in [5, 5.41) is 11.8. The second-order valence-electron chi connectivity index (χ2n) is 4.27. The molecule has 0 heterocycles. The molecule has 0 aliphatic rings. The van der Waals surface area contributed by atoms with E-state index in [-0.39, 0.29) is 0 Å². The van der Waals surface area contributed by atoms with Gasteiger partial charge in [-0.1, -0.05) is 42.0 Å². The molecule has 0 fully saturated rings. The highest BCUT2D eigenvalue weighted by Crippen LogP contribution is 2.27. The minimum Gasteiger partial charge on any atom is -0.507 e. The Balaban J connectivity index is 2.54. The van der Waals surface area contributed by atoms with Gasteiger partial charge in [0.15, 0.2) is 0 Å². The number of phenols is 1. The molecule has 0 atom stereocenters. The van der Waals surface area contributed by atoms with E-state index in [0.29, 0.717) is 5.75 Å². The lowest BCUT2D eigenvalue weighted by Gasteiger charge is -2.06. The van der Waals surface area contributed by atoms with Gasteiger partial charge >= 0.3 is 0 Å². The number of hydrogen-bond acceptors (Lipinski definition) is 1. The Morgan fingerprint density at radius 3 is 2.44 bits per heavy atom. The molecule has 1 heteroatoms. The summed E-state index contributed by atoms with van der Waals surface area (Å²) in [5.74, 6) is 0.358. The first kappa shape index (κ1) is 10.7. The van der Waals surface area contributed by atoms with E-state index in [2.05, 4.69) is 26.0 Å². The van der Waals surface area contributed by atoms with Crippen molar-refractivity contribution in [2.75, 3.05) is 0 Å². The van der Waals surface area contributed by atoms with Gasteiger partial charge in [0.05, 0.1) is 0 Å². The normalized spacial score (nSPS) is 10.4. The Morgan fingerprint density at radius 2 is 1.75 bits per heavy atom. The number of aromatic hydroxyl groups is 1. The third kappa shape index (κ3) is 2.08. The van der Waals surface area contributed by atoms with Crippen LogP contribution in [0.2, 0.25) is 0 Å². The van der Waals surface area contributed by atoms with Gasteiger partial charge in [0.2, 0.25) is 0 Å². The molecule has 2 aromatic carbocycles. The molecule has 2 aromatic rings. The number of allylic oxidation sites excluding steroid dienone is 2. The van der Waals surface area contributed by atoms with Crippen LogP contribution in [0.25, 0.3) is 10.8 Å². The van der Waals surface area contributed by atoms with Crippen LogP contribution < -0.4 is 0 Å². The monoisotopic (exact) mass is 212 g/mol. The van der Waals surface area contributed by atoms with Crippen molar-refractivity contribution in [1.82, 2.24) is 0 Å². The molecule has 0 aromatic heterocycles. The average Bonchev–Trinajstić information content (AvgIpc) is 2.28. The van der Waals surface area contributed by atoms with E-state index >= 15 is 0 Å². The molecule has 0 aliphatic heterocycles. The summed E-state index contributed by atoms with van der Waals surface area (Å²) in [6, 6.07) is 11.7. The van der Waals surface area contributed by atoms with E-state index < -0.39 is 0 Å². The number of phenolic OH excluding ortho intramolecular Hbond substituents is 1. The van der Waals surface area contributed by atoms with E-state index in [1.807, 2.05) is 24.3 Å². The first-order chi connectivity index (χ1) is 7.68. The van der Waals surface area contributed by atoms with Crippen LogP contribution in [0.15, 0.2) is 48.0 Å². The average molecular weight is 212 g/mol.